The van der Waals surface area contributed by atoms with Gasteiger partial charge in [-0.2, -0.15) is 0 Å². The number of carboxylic acid groups (broad SMARTS) is 1. The molecule has 0 bridgehead atoms. The molecule has 1 aliphatic carbocycles. The van der Waals surface area contributed by atoms with Crippen molar-refractivity contribution in [3.05, 3.63) is 35.9 Å². The second kappa shape index (κ2) is 5.64. The average Bonchev–Trinajstić information content (AvgIpc) is 2.86. The highest BCUT2D eigenvalue weighted by Gasteiger charge is 2.51. The molecule has 2 amide bonds. The number of nitrogens with zero attached hydrogens (tertiary/aromatic N) is 2. The SMILES string of the molecule is CN(C)C1(c2ccccc2)CCC2(CC1)CC(=O)N(C(=O)O)C2. The molecule has 1 saturated heterocycles. The minimum atomic E-state index is -1.11. The average molecular weight is 316 g/mol. The Kier molecular flexibility index (Phi) is 3.92. The number of carbonyl (C=O) groups is 2. The highest BCUT2D eigenvalue weighted by atomic mass is 16.4. The summed E-state index contributed by atoms with van der Waals surface area (Å²) in [5.41, 5.74) is 1.12. The first-order valence-corrected chi connectivity index (χ1v) is 8.15. The molecule has 1 N–H and O–H groups in total. The standard InChI is InChI=1S/C18H24N2O3/c1-19(2)18(14-6-4-3-5-7-14)10-8-17(9-11-18)12-15(21)20(13-17)16(22)23/h3-7H,8-13H2,1-2H3,(H,22,23). The fraction of sp³-hybridized carbons (Fsp3) is 0.556. The van der Waals surface area contributed by atoms with Gasteiger partial charge in [-0.15, -0.1) is 0 Å². The van der Waals surface area contributed by atoms with Gasteiger partial charge in [-0.05, 0) is 50.8 Å². The minimum absolute atomic E-state index is 0.0216. The number of carbonyl (C=O) groups excluding carboxylic acids is 1. The van der Waals surface area contributed by atoms with Crippen LogP contribution in [-0.4, -0.2) is 47.5 Å². The number of hydrogen-bond donors (Lipinski definition) is 1. The van der Waals surface area contributed by atoms with Crippen molar-refractivity contribution in [3.8, 4) is 0 Å². The maximum Gasteiger partial charge on any atom is 0.414 e. The fourth-order valence-corrected chi connectivity index (χ4v) is 4.34. The lowest BCUT2D eigenvalue weighted by Crippen LogP contribution is -2.47. The molecule has 0 aromatic heterocycles. The zero-order chi connectivity index (χ0) is 16.7. The molecule has 0 unspecified atom stereocenters. The molecule has 2 fully saturated rings. The number of rotatable bonds is 2. The maximum atomic E-state index is 12.0. The van der Waals surface area contributed by atoms with E-state index < -0.39 is 6.09 Å². The quantitative estimate of drug-likeness (QED) is 0.911. The van der Waals surface area contributed by atoms with Crippen LogP contribution in [0.4, 0.5) is 4.79 Å². The van der Waals surface area contributed by atoms with Crippen LogP contribution >= 0.6 is 0 Å². The molecule has 0 radical (unpaired) electrons. The van der Waals surface area contributed by atoms with Crippen molar-refractivity contribution in [2.24, 2.45) is 5.41 Å². The van der Waals surface area contributed by atoms with E-state index in [4.69, 9.17) is 5.11 Å². The lowest BCUT2D eigenvalue weighted by atomic mass is 9.64. The van der Waals surface area contributed by atoms with Crippen LogP contribution in [0.1, 0.15) is 37.7 Å². The Morgan fingerprint density at radius 1 is 1.13 bits per heavy atom. The summed E-state index contributed by atoms with van der Waals surface area (Å²) in [5.74, 6) is -0.241. The van der Waals surface area contributed by atoms with Gasteiger partial charge in [0.15, 0.2) is 0 Å². The van der Waals surface area contributed by atoms with Crippen LogP contribution in [0.15, 0.2) is 30.3 Å². The van der Waals surface area contributed by atoms with Crippen molar-refractivity contribution >= 4 is 12.0 Å². The van der Waals surface area contributed by atoms with Crippen molar-refractivity contribution < 1.29 is 14.7 Å². The van der Waals surface area contributed by atoms with Gasteiger partial charge in [0.1, 0.15) is 0 Å². The Morgan fingerprint density at radius 3 is 2.22 bits per heavy atom. The van der Waals surface area contributed by atoms with Crippen molar-refractivity contribution in [2.45, 2.75) is 37.6 Å². The van der Waals surface area contributed by atoms with Crippen LogP contribution in [0.25, 0.3) is 0 Å². The summed E-state index contributed by atoms with van der Waals surface area (Å²) >= 11 is 0. The lowest BCUT2D eigenvalue weighted by molar-refractivity contribution is -0.126. The van der Waals surface area contributed by atoms with E-state index in [-0.39, 0.29) is 16.9 Å². The monoisotopic (exact) mass is 316 g/mol. The van der Waals surface area contributed by atoms with Crippen molar-refractivity contribution in [2.75, 3.05) is 20.6 Å². The smallest absolute Gasteiger partial charge is 0.414 e. The first-order valence-electron chi connectivity index (χ1n) is 8.15. The lowest BCUT2D eigenvalue weighted by Gasteiger charge is -2.48. The predicted octanol–water partition coefficient (Wildman–Crippen LogP) is 2.91. The van der Waals surface area contributed by atoms with Gasteiger partial charge in [-0.3, -0.25) is 9.69 Å². The van der Waals surface area contributed by atoms with Crippen molar-refractivity contribution in [1.82, 2.24) is 9.80 Å². The normalized spacial score (nSPS) is 31.1. The first kappa shape index (κ1) is 16.0. The Morgan fingerprint density at radius 2 is 1.74 bits per heavy atom. The summed E-state index contributed by atoms with van der Waals surface area (Å²) in [6.45, 7) is 0.361. The fourth-order valence-electron chi connectivity index (χ4n) is 4.34. The van der Waals surface area contributed by atoms with E-state index in [1.54, 1.807) is 0 Å². The molecule has 0 atom stereocenters. The summed E-state index contributed by atoms with van der Waals surface area (Å²) in [6, 6.07) is 10.5. The third-order valence-electron chi connectivity index (χ3n) is 5.86. The molecule has 1 spiro atoms. The molecule has 23 heavy (non-hydrogen) atoms. The van der Waals surface area contributed by atoms with E-state index in [2.05, 4.69) is 43.3 Å². The van der Waals surface area contributed by atoms with Crippen LogP contribution in [0.5, 0.6) is 0 Å². The Balaban J connectivity index is 1.82. The van der Waals surface area contributed by atoms with E-state index in [0.717, 1.165) is 30.6 Å². The van der Waals surface area contributed by atoms with Crippen LogP contribution in [0.3, 0.4) is 0 Å². The Hall–Kier alpha value is -1.88. The topological polar surface area (TPSA) is 60.9 Å². The van der Waals surface area contributed by atoms with Gasteiger partial charge >= 0.3 is 6.09 Å². The Labute approximate surface area is 136 Å². The van der Waals surface area contributed by atoms with Gasteiger partial charge in [-0.1, -0.05) is 30.3 Å². The van der Waals surface area contributed by atoms with Gasteiger partial charge in [0.25, 0.3) is 0 Å². The van der Waals surface area contributed by atoms with E-state index >= 15 is 0 Å². The van der Waals surface area contributed by atoms with Crippen molar-refractivity contribution in [1.29, 1.82) is 0 Å². The summed E-state index contributed by atoms with van der Waals surface area (Å²) in [7, 11) is 4.21. The largest absolute Gasteiger partial charge is 0.465 e. The van der Waals surface area contributed by atoms with E-state index in [9.17, 15) is 9.59 Å². The first-order chi connectivity index (χ1) is 10.9. The molecule has 124 valence electrons. The minimum Gasteiger partial charge on any atom is -0.465 e. The molecule has 1 aromatic rings. The molecule has 5 nitrogen and oxygen atoms in total. The van der Waals surface area contributed by atoms with Crippen LogP contribution in [0, 0.1) is 5.41 Å². The molecular weight excluding hydrogens is 292 g/mol. The molecule has 1 heterocycles. The predicted molar refractivity (Wildman–Crippen MR) is 87.1 cm³/mol. The molecule has 2 aliphatic rings. The number of hydrogen-bond acceptors (Lipinski definition) is 3. The third-order valence-corrected chi connectivity index (χ3v) is 5.86. The van der Waals surface area contributed by atoms with Crippen molar-refractivity contribution in [3.63, 3.8) is 0 Å². The van der Waals surface area contributed by atoms with E-state index in [0.29, 0.717) is 13.0 Å². The van der Waals surface area contributed by atoms with E-state index in [1.165, 1.54) is 5.56 Å². The maximum absolute atomic E-state index is 12.0. The third kappa shape index (κ3) is 2.63. The summed E-state index contributed by atoms with van der Waals surface area (Å²) < 4.78 is 0. The van der Waals surface area contributed by atoms with E-state index in [1.807, 2.05) is 6.07 Å². The molecule has 5 heteroatoms. The number of likely N-dealkylation sites (tertiary alicyclic amines) is 1. The van der Waals surface area contributed by atoms with Gasteiger partial charge in [-0.25, -0.2) is 9.69 Å². The highest BCUT2D eigenvalue weighted by molar-refractivity contribution is 5.93. The summed E-state index contributed by atoms with van der Waals surface area (Å²) in [6.07, 6.45) is 2.93. The van der Waals surface area contributed by atoms with Crippen LogP contribution in [0.2, 0.25) is 0 Å². The molecule has 1 aromatic carbocycles. The van der Waals surface area contributed by atoms with Gasteiger partial charge in [0.05, 0.1) is 0 Å². The van der Waals surface area contributed by atoms with Crippen LogP contribution < -0.4 is 0 Å². The zero-order valence-electron chi connectivity index (χ0n) is 13.8. The number of amides is 2. The Bertz CT molecular complexity index is 604. The molecule has 1 aliphatic heterocycles. The molecule has 3 rings (SSSR count). The second-order valence-electron chi connectivity index (χ2n) is 7.23. The molecule has 1 saturated carbocycles. The van der Waals surface area contributed by atoms with Crippen LogP contribution in [-0.2, 0) is 10.3 Å². The van der Waals surface area contributed by atoms with Gasteiger partial charge in [0.2, 0.25) is 5.91 Å². The zero-order valence-corrected chi connectivity index (χ0v) is 13.8. The number of imide groups is 1. The summed E-state index contributed by atoms with van der Waals surface area (Å²) in [4.78, 5) is 26.5. The van der Waals surface area contributed by atoms with Gasteiger partial charge < -0.3 is 5.11 Å². The second-order valence-corrected chi connectivity index (χ2v) is 7.23. The van der Waals surface area contributed by atoms with Gasteiger partial charge in [0, 0.05) is 18.5 Å². The molecular formula is C18H24N2O3. The summed E-state index contributed by atoms with van der Waals surface area (Å²) in [5, 5.41) is 9.16. The number of benzene rings is 1. The highest BCUT2D eigenvalue weighted by Crippen LogP contribution is 2.52.